The average Bonchev–Trinajstić information content (AvgIpc) is 2.42. The van der Waals surface area contributed by atoms with Crippen LogP contribution in [0.5, 0.6) is 11.5 Å². The van der Waals surface area contributed by atoms with Crippen molar-refractivity contribution in [2.45, 2.75) is 6.92 Å². The van der Waals surface area contributed by atoms with E-state index in [0.717, 1.165) is 17.2 Å². The minimum Gasteiger partial charge on any atom is -0.478 e. The molecular weight excluding hydrogens is 259 g/mol. The summed E-state index contributed by atoms with van der Waals surface area (Å²) in [6.07, 6.45) is 2.52. The van der Waals surface area contributed by atoms with Gasteiger partial charge in [-0.2, -0.15) is 0 Å². The van der Waals surface area contributed by atoms with Crippen LogP contribution in [-0.4, -0.2) is 11.1 Å². The van der Waals surface area contributed by atoms with E-state index in [1.165, 1.54) is 12.1 Å². The second kappa shape index (κ2) is 6.02. The molecule has 102 valence electrons. The smallest absolute Gasteiger partial charge is 0.328 e. The molecule has 2 rings (SSSR count). The van der Waals surface area contributed by atoms with Crippen LogP contribution >= 0.6 is 0 Å². The zero-order valence-corrected chi connectivity index (χ0v) is 10.8. The van der Waals surface area contributed by atoms with E-state index in [1.807, 2.05) is 6.92 Å². The quantitative estimate of drug-likeness (QED) is 0.855. The molecule has 0 bridgehead atoms. The Labute approximate surface area is 115 Å². The molecule has 0 aliphatic carbocycles. The van der Waals surface area contributed by atoms with E-state index in [9.17, 15) is 9.18 Å². The molecule has 0 unspecified atom stereocenters. The summed E-state index contributed by atoms with van der Waals surface area (Å²) in [5.74, 6) is -0.779. The molecule has 0 aliphatic rings. The van der Waals surface area contributed by atoms with Crippen LogP contribution in [-0.2, 0) is 4.79 Å². The van der Waals surface area contributed by atoms with Crippen molar-refractivity contribution in [2.24, 2.45) is 0 Å². The summed E-state index contributed by atoms with van der Waals surface area (Å²) >= 11 is 0. The van der Waals surface area contributed by atoms with Crippen molar-refractivity contribution in [3.05, 3.63) is 65.5 Å². The molecule has 2 aromatic carbocycles. The fraction of sp³-hybridized carbons (Fsp3) is 0.0625. The van der Waals surface area contributed by atoms with Gasteiger partial charge in [0.05, 0.1) is 0 Å². The van der Waals surface area contributed by atoms with Gasteiger partial charge in [-0.05, 0) is 48.4 Å². The molecule has 3 nitrogen and oxygen atoms in total. The molecule has 0 fully saturated rings. The van der Waals surface area contributed by atoms with Gasteiger partial charge in [-0.25, -0.2) is 9.18 Å². The molecule has 0 saturated heterocycles. The Morgan fingerprint density at radius 3 is 2.55 bits per heavy atom. The lowest BCUT2D eigenvalue weighted by molar-refractivity contribution is -0.131. The summed E-state index contributed by atoms with van der Waals surface area (Å²) in [5.41, 5.74) is 1.63. The van der Waals surface area contributed by atoms with Crippen molar-refractivity contribution in [3.8, 4) is 11.5 Å². The van der Waals surface area contributed by atoms with E-state index in [1.54, 1.807) is 36.4 Å². The SMILES string of the molecule is Cc1ccc(F)c(Oc2ccc(C=CC(=O)O)cc2)c1. The van der Waals surface area contributed by atoms with E-state index in [-0.39, 0.29) is 5.75 Å². The fourth-order valence-corrected chi connectivity index (χ4v) is 1.63. The Balaban J connectivity index is 2.14. The topological polar surface area (TPSA) is 46.5 Å². The van der Waals surface area contributed by atoms with Gasteiger partial charge in [0.25, 0.3) is 0 Å². The van der Waals surface area contributed by atoms with Crippen LogP contribution in [0.2, 0.25) is 0 Å². The highest BCUT2D eigenvalue weighted by Gasteiger charge is 2.04. The molecule has 0 aromatic heterocycles. The third-order valence-electron chi connectivity index (χ3n) is 2.61. The van der Waals surface area contributed by atoms with Gasteiger partial charge in [0.15, 0.2) is 11.6 Å². The molecule has 0 heterocycles. The number of carboxylic acids is 1. The Hall–Kier alpha value is -2.62. The third-order valence-corrected chi connectivity index (χ3v) is 2.61. The standard InChI is InChI=1S/C16H13FO3/c1-11-2-8-14(17)15(10-11)20-13-6-3-12(4-7-13)5-9-16(18)19/h2-10H,1H3,(H,18,19). The summed E-state index contributed by atoms with van der Waals surface area (Å²) in [7, 11) is 0. The number of ether oxygens (including phenoxy) is 1. The third kappa shape index (κ3) is 3.68. The second-order valence-corrected chi connectivity index (χ2v) is 4.28. The van der Waals surface area contributed by atoms with Crippen LogP contribution in [0.25, 0.3) is 6.08 Å². The first-order chi connectivity index (χ1) is 9.54. The predicted octanol–water partition coefficient (Wildman–Crippen LogP) is 4.02. The van der Waals surface area contributed by atoms with Gasteiger partial charge in [0, 0.05) is 6.08 Å². The molecule has 1 N–H and O–H groups in total. The largest absolute Gasteiger partial charge is 0.478 e. The number of hydrogen-bond acceptors (Lipinski definition) is 2. The number of aryl methyl sites for hydroxylation is 1. The Morgan fingerprint density at radius 1 is 1.20 bits per heavy atom. The van der Waals surface area contributed by atoms with Crippen molar-refractivity contribution >= 4 is 12.0 Å². The summed E-state index contributed by atoms with van der Waals surface area (Å²) in [4.78, 5) is 10.4. The molecular formula is C16H13FO3. The monoisotopic (exact) mass is 272 g/mol. The van der Waals surface area contributed by atoms with E-state index in [4.69, 9.17) is 9.84 Å². The molecule has 20 heavy (non-hydrogen) atoms. The van der Waals surface area contributed by atoms with Crippen LogP contribution in [0.15, 0.2) is 48.5 Å². The molecule has 0 aliphatic heterocycles. The van der Waals surface area contributed by atoms with Gasteiger partial charge in [-0.15, -0.1) is 0 Å². The van der Waals surface area contributed by atoms with E-state index >= 15 is 0 Å². The van der Waals surface area contributed by atoms with Crippen molar-refractivity contribution < 1.29 is 19.0 Å². The molecule has 2 aromatic rings. The fourth-order valence-electron chi connectivity index (χ4n) is 1.63. The van der Waals surface area contributed by atoms with Gasteiger partial charge >= 0.3 is 5.97 Å². The number of hydrogen-bond donors (Lipinski definition) is 1. The lowest BCUT2D eigenvalue weighted by atomic mass is 10.2. The number of benzene rings is 2. The van der Waals surface area contributed by atoms with Crippen LogP contribution < -0.4 is 4.74 Å². The predicted molar refractivity (Wildman–Crippen MR) is 74.3 cm³/mol. The van der Waals surface area contributed by atoms with Gasteiger partial charge in [-0.3, -0.25) is 0 Å². The van der Waals surface area contributed by atoms with Gasteiger partial charge in [0.2, 0.25) is 0 Å². The Bertz CT molecular complexity index is 645. The highest BCUT2D eigenvalue weighted by atomic mass is 19.1. The number of aliphatic carboxylic acids is 1. The molecule has 0 atom stereocenters. The zero-order valence-electron chi connectivity index (χ0n) is 10.8. The first kappa shape index (κ1) is 13.8. The molecule has 4 heteroatoms. The lowest BCUT2D eigenvalue weighted by Gasteiger charge is -2.07. The van der Waals surface area contributed by atoms with Gasteiger partial charge in [0.1, 0.15) is 5.75 Å². The maximum atomic E-state index is 13.5. The number of rotatable bonds is 4. The zero-order chi connectivity index (χ0) is 14.5. The average molecular weight is 272 g/mol. The van der Waals surface area contributed by atoms with Crippen molar-refractivity contribution in [2.75, 3.05) is 0 Å². The molecule has 0 radical (unpaired) electrons. The highest BCUT2D eigenvalue weighted by molar-refractivity contribution is 5.85. The van der Waals surface area contributed by atoms with Crippen LogP contribution in [0.3, 0.4) is 0 Å². The van der Waals surface area contributed by atoms with E-state index in [2.05, 4.69) is 0 Å². The Kier molecular flexibility index (Phi) is 4.15. The summed E-state index contributed by atoms with van der Waals surface area (Å²) in [6.45, 7) is 1.85. The first-order valence-corrected chi connectivity index (χ1v) is 6.00. The highest BCUT2D eigenvalue weighted by Crippen LogP contribution is 2.25. The summed E-state index contributed by atoms with van der Waals surface area (Å²) in [5, 5.41) is 8.53. The molecule has 0 amide bonds. The van der Waals surface area contributed by atoms with Crippen LogP contribution in [0, 0.1) is 12.7 Å². The second-order valence-electron chi connectivity index (χ2n) is 4.28. The van der Waals surface area contributed by atoms with Crippen LogP contribution in [0.1, 0.15) is 11.1 Å². The maximum Gasteiger partial charge on any atom is 0.328 e. The van der Waals surface area contributed by atoms with E-state index < -0.39 is 11.8 Å². The minimum absolute atomic E-state index is 0.166. The number of carbonyl (C=O) groups is 1. The lowest BCUT2D eigenvalue weighted by Crippen LogP contribution is -1.89. The Morgan fingerprint density at radius 2 is 1.90 bits per heavy atom. The van der Waals surface area contributed by atoms with E-state index in [0.29, 0.717) is 5.75 Å². The summed E-state index contributed by atoms with van der Waals surface area (Å²) < 4.78 is 19.0. The summed E-state index contributed by atoms with van der Waals surface area (Å²) in [6, 6.07) is 11.3. The molecule has 0 saturated carbocycles. The van der Waals surface area contributed by atoms with Crippen LogP contribution in [0.4, 0.5) is 4.39 Å². The first-order valence-electron chi connectivity index (χ1n) is 6.00. The number of carboxylic acid groups (broad SMARTS) is 1. The van der Waals surface area contributed by atoms with Gasteiger partial charge < -0.3 is 9.84 Å². The van der Waals surface area contributed by atoms with Crippen molar-refractivity contribution in [1.82, 2.24) is 0 Å². The van der Waals surface area contributed by atoms with Gasteiger partial charge in [-0.1, -0.05) is 18.2 Å². The minimum atomic E-state index is -1.01. The maximum absolute atomic E-state index is 13.5. The molecule has 0 spiro atoms. The van der Waals surface area contributed by atoms with Crippen molar-refractivity contribution in [3.63, 3.8) is 0 Å². The normalized spacial score (nSPS) is 10.7. The number of halogens is 1. The van der Waals surface area contributed by atoms with Crippen molar-refractivity contribution in [1.29, 1.82) is 0 Å².